The maximum Gasteiger partial charge on any atom is 0.328 e. The van der Waals surface area contributed by atoms with Gasteiger partial charge < -0.3 is 14.8 Å². The van der Waals surface area contributed by atoms with Gasteiger partial charge >= 0.3 is 5.97 Å². The Morgan fingerprint density at radius 3 is 2.54 bits per heavy atom. The molecule has 0 unspecified atom stereocenters. The fraction of sp³-hybridized carbons (Fsp3) is 0.556. The van der Waals surface area contributed by atoms with Gasteiger partial charge in [-0.3, -0.25) is 14.9 Å². The minimum Gasteiger partial charge on any atom is -0.496 e. The van der Waals surface area contributed by atoms with Crippen LogP contribution in [0.1, 0.15) is 37.7 Å². The van der Waals surface area contributed by atoms with Crippen LogP contribution in [0, 0.1) is 16.0 Å². The number of nitrogens with zero attached hydrogens (tertiary/aromatic N) is 1. The average molecular weight is 364 g/mol. The lowest BCUT2D eigenvalue weighted by Gasteiger charge is -2.24. The van der Waals surface area contributed by atoms with E-state index in [-0.39, 0.29) is 23.9 Å². The number of nitro groups is 1. The van der Waals surface area contributed by atoms with Gasteiger partial charge in [0, 0.05) is 30.0 Å². The van der Waals surface area contributed by atoms with Crippen molar-refractivity contribution in [3.63, 3.8) is 0 Å². The van der Waals surface area contributed by atoms with Crippen LogP contribution in [0.2, 0.25) is 0 Å². The molecule has 0 bridgehead atoms. The molecule has 1 aromatic carbocycles. The van der Waals surface area contributed by atoms with Gasteiger partial charge in [-0.2, -0.15) is 0 Å². The highest BCUT2D eigenvalue weighted by molar-refractivity contribution is 5.86. The van der Waals surface area contributed by atoms with E-state index in [4.69, 9.17) is 9.47 Å². The molecular weight excluding hydrogens is 340 g/mol. The summed E-state index contributed by atoms with van der Waals surface area (Å²) in [7, 11) is 2.69. The molecule has 1 atom stereocenters. The van der Waals surface area contributed by atoms with Crippen molar-refractivity contribution >= 4 is 17.6 Å². The molecule has 1 amide bonds. The number of rotatable bonds is 7. The Morgan fingerprint density at radius 2 is 1.96 bits per heavy atom. The summed E-state index contributed by atoms with van der Waals surface area (Å²) in [6, 6.07) is 3.23. The van der Waals surface area contributed by atoms with Gasteiger partial charge in [-0.1, -0.05) is 19.3 Å². The van der Waals surface area contributed by atoms with E-state index < -0.39 is 16.9 Å². The van der Waals surface area contributed by atoms with Gasteiger partial charge in [0.25, 0.3) is 5.69 Å². The summed E-state index contributed by atoms with van der Waals surface area (Å²) < 4.78 is 10.0. The molecule has 8 nitrogen and oxygen atoms in total. The highest BCUT2D eigenvalue weighted by Gasteiger charge is 2.28. The number of hydrogen-bond acceptors (Lipinski definition) is 6. The van der Waals surface area contributed by atoms with Crippen molar-refractivity contribution in [1.29, 1.82) is 0 Å². The number of nitro benzene ring substituents is 1. The summed E-state index contributed by atoms with van der Waals surface area (Å²) in [5, 5.41) is 13.8. The van der Waals surface area contributed by atoms with Crippen LogP contribution in [0.25, 0.3) is 0 Å². The van der Waals surface area contributed by atoms with E-state index in [2.05, 4.69) is 5.32 Å². The Bertz CT molecular complexity index is 670. The van der Waals surface area contributed by atoms with Gasteiger partial charge in [0.1, 0.15) is 11.8 Å². The average Bonchev–Trinajstić information content (AvgIpc) is 2.67. The molecule has 0 spiro atoms. The predicted molar refractivity (Wildman–Crippen MR) is 93.9 cm³/mol. The highest BCUT2D eigenvalue weighted by Crippen LogP contribution is 2.27. The minimum atomic E-state index is -0.926. The van der Waals surface area contributed by atoms with Crippen molar-refractivity contribution in [1.82, 2.24) is 5.32 Å². The molecule has 1 aliphatic rings. The van der Waals surface area contributed by atoms with Crippen LogP contribution in [-0.2, 0) is 20.7 Å². The number of non-ortho nitro benzene ring substituents is 1. The molecule has 1 N–H and O–H groups in total. The third-order valence-corrected chi connectivity index (χ3v) is 4.68. The third-order valence-electron chi connectivity index (χ3n) is 4.68. The zero-order chi connectivity index (χ0) is 19.1. The fourth-order valence-electron chi connectivity index (χ4n) is 3.25. The quantitative estimate of drug-likeness (QED) is 0.452. The summed E-state index contributed by atoms with van der Waals surface area (Å²) in [6.45, 7) is 0. The third kappa shape index (κ3) is 4.93. The monoisotopic (exact) mass is 364 g/mol. The van der Waals surface area contributed by atoms with E-state index in [1.54, 1.807) is 0 Å². The predicted octanol–water partition coefficient (Wildman–Crippen LogP) is 2.38. The summed E-state index contributed by atoms with van der Waals surface area (Å²) in [6.07, 6.45) is 4.78. The number of esters is 1. The van der Waals surface area contributed by atoms with Crippen molar-refractivity contribution in [3.8, 4) is 5.75 Å². The lowest BCUT2D eigenvalue weighted by molar-refractivity contribution is -0.384. The number of ether oxygens (including phenoxy) is 2. The summed E-state index contributed by atoms with van der Waals surface area (Å²) in [5.74, 6) is -0.466. The zero-order valence-corrected chi connectivity index (χ0v) is 15.0. The molecule has 1 aliphatic carbocycles. The maximum absolute atomic E-state index is 12.5. The fourth-order valence-corrected chi connectivity index (χ4v) is 3.25. The second-order valence-corrected chi connectivity index (χ2v) is 6.38. The van der Waals surface area contributed by atoms with E-state index in [0.717, 1.165) is 32.1 Å². The number of nitrogens with one attached hydrogen (secondary N) is 1. The van der Waals surface area contributed by atoms with Crippen molar-refractivity contribution in [2.24, 2.45) is 5.92 Å². The molecule has 0 heterocycles. The van der Waals surface area contributed by atoms with Gasteiger partial charge in [0.05, 0.1) is 19.1 Å². The number of benzene rings is 1. The molecule has 1 saturated carbocycles. The molecule has 8 heteroatoms. The number of amides is 1. The highest BCUT2D eigenvalue weighted by atomic mass is 16.6. The first-order chi connectivity index (χ1) is 12.5. The molecule has 0 aliphatic heterocycles. The number of carbonyl (C=O) groups is 2. The maximum atomic E-state index is 12.5. The molecule has 1 aromatic rings. The second-order valence-electron chi connectivity index (χ2n) is 6.38. The van der Waals surface area contributed by atoms with E-state index in [0.29, 0.717) is 11.3 Å². The van der Waals surface area contributed by atoms with Crippen LogP contribution < -0.4 is 10.1 Å². The molecule has 142 valence electrons. The molecule has 0 radical (unpaired) electrons. The second kappa shape index (κ2) is 9.17. The first-order valence-corrected chi connectivity index (χ1v) is 8.65. The van der Waals surface area contributed by atoms with E-state index in [9.17, 15) is 19.7 Å². The number of methoxy groups -OCH3 is 2. The Kier molecular flexibility index (Phi) is 6.94. The number of hydrogen-bond donors (Lipinski definition) is 1. The van der Waals surface area contributed by atoms with Crippen LogP contribution in [-0.4, -0.2) is 37.1 Å². The number of carbonyl (C=O) groups excluding carboxylic acids is 2. The standard InChI is InChI=1S/C18H24N2O6/c1-25-16-9-8-14(20(23)24)10-13(16)11-15(18(22)26-2)19-17(21)12-6-4-3-5-7-12/h8-10,12,15H,3-7,11H2,1-2H3,(H,19,21)/t15-/m1/s1. The first kappa shape index (κ1) is 19.7. The van der Waals surface area contributed by atoms with E-state index in [1.807, 2.05) is 0 Å². The largest absolute Gasteiger partial charge is 0.496 e. The van der Waals surface area contributed by atoms with Gasteiger partial charge in [0.15, 0.2) is 0 Å². The topological polar surface area (TPSA) is 108 Å². The van der Waals surface area contributed by atoms with E-state index in [1.165, 1.54) is 32.4 Å². The van der Waals surface area contributed by atoms with Crippen LogP contribution in [0.5, 0.6) is 5.75 Å². The van der Waals surface area contributed by atoms with Crippen LogP contribution in [0.15, 0.2) is 18.2 Å². The zero-order valence-electron chi connectivity index (χ0n) is 15.0. The van der Waals surface area contributed by atoms with Crippen LogP contribution in [0.4, 0.5) is 5.69 Å². The summed E-state index contributed by atoms with van der Waals surface area (Å²) in [5.41, 5.74) is 0.351. The van der Waals surface area contributed by atoms with Gasteiger partial charge in [-0.25, -0.2) is 4.79 Å². The van der Waals surface area contributed by atoms with Crippen molar-refractivity contribution in [2.75, 3.05) is 14.2 Å². The van der Waals surface area contributed by atoms with E-state index >= 15 is 0 Å². The van der Waals surface area contributed by atoms with Crippen LogP contribution >= 0.6 is 0 Å². The Balaban J connectivity index is 2.19. The Morgan fingerprint density at radius 1 is 1.27 bits per heavy atom. The molecular formula is C18H24N2O6. The van der Waals surface area contributed by atoms with Crippen molar-refractivity contribution in [3.05, 3.63) is 33.9 Å². The Labute approximate surface area is 152 Å². The first-order valence-electron chi connectivity index (χ1n) is 8.65. The van der Waals surface area contributed by atoms with Gasteiger partial charge in [-0.05, 0) is 18.9 Å². The van der Waals surface area contributed by atoms with Crippen LogP contribution in [0.3, 0.4) is 0 Å². The van der Waals surface area contributed by atoms with Crippen molar-refractivity contribution < 1.29 is 24.0 Å². The summed E-state index contributed by atoms with van der Waals surface area (Å²) >= 11 is 0. The minimum absolute atomic E-state index is 0.0516. The normalized spacial score (nSPS) is 15.8. The Hall–Kier alpha value is -2.64. The molecule has 0 aromatic heterocycles. The molecule has 26 heavy (non-hydrogen) atoms. The lowest BCUT2D eigenvalue weighted by Crippen LogP contribution is -2.45. The van der Waals surface area contributed by atoms with Crippen molar-refractivity contribution in [2.45, 2.75) is 44.6 Å². The molecule has 0 saturated heterocycles. The van der Waals surface area contributed by atoms with Gasteiger partial charge in [-0.15, -0.1) is 0 Å². The molecule has 2 rings (SSSR count). The SMILES string of the molecule is COC(=O)[C@@H](Cc1cc([N+](=O)[O-])ccc1OC)NC(=O)C1CCCCC1. The summed E-state index contributed by atoms with van der Waals surface area (Å²) in [4.78, 5) is 35.1. The lowest BCUT2D eigenvalue weighted by atomic mass is 9.88. The smallest absolute Gasteiger partial charge is 0.328 e. The van der Waals surface area contributed by atoms with Gasteiger partial charge in [0.2, 0.25) is 5.91 Å². The molecule has 1 fully saturated rings.